The second-order valence-electron chi connectivity index (χ2n) is 8.65. The maximum absolute atomic E-state index is 12.2. The Morgan fingerprint density at radius 3 is 1.96 bits per heavy atom. The van der Waals surface area contributed by atoms with Gasteiger partial charge in [-0.3, -0.25) is 0 Å². The Bertz CT molecular complexity index is 393. The van der Waals surface area contributed by atoms with Gasteiger partial charge in [-0.15, -0.1) is 0 Å². The van der Waals surface area contributed by atoms with Crippen LogP contribution >= 0.6 is 0 Å². The Morgan fingerprint density at radius 1 is 0.923 bits per heavy atom. The van der Waals surface area contributed by atoms with Crippen molar-refractivity contribution in [3.8, 4) is 0 Å². The van der Waals surface area contributed by atoms with E-state index < -0.39 is 5.60 Å². The van der Waals surface area contributed by atoms with E-state index in [0.717, 1.165) is 38.8 Å². The number of amides is 2. The van der Waals surface area contributed by atoms with Crippen LogP contribution in [0, 0.1) is 11.8 Å². The van der Waals surface area contributed by atoms with Crippen LogP contribution in [0.25, 0.3) is 0 Å². The molecule has 0 aliphatic heterocycles. The first-order valence-corrected chi connectivity index (χ1v) is 9.89. The van der Waals surface area contributed by atoms with Crippen molar-refractivity contribution < 1.29 is 19.1 Å². The van der Waals surface area contributed by atoms with Crippen molar-refractivity contribution in [2.75, 3.05) is 26.2 Å². The summed E-state index contributed by atoms with van der Waals surface area (Å²) in [5, 5.41) is 2.75. The average molecular weight is 373 g/mol. The Hall–Kier alpha value is -1.46. The molecule has 154 valence electrons. The van der Waals surface area contributed by atoms with Gasteiger partial charge in [-0.25, -0.2) is 9.59 Å². The molecule has 0 atom stereocenters. The van der Waals surface area contributed by atoms with Crippen molar-refractivity contribution >= 4 is 12.2 Å². The Balaban J connectivity index is 3.78. The van der Waals surface area contributed by atoms with Crippen LogP contribution in [-0.2, 0) is 9.47 Å². The van der Waals surface area contributed by atoms with Crippen molar-refractivity contribution in [3.63, 3.8) is 0 Å². The van der Waals surface area contributed by atoms with Crippen molar-refractivity contribution in [1.29, 1.82) is 0 Å². The minimum atomic E-state index is -0.465. The SMILES string of the molecule is CC(C)CN(CC(C)C)C(=O)OCCCCCCNC(=O)OC(C)(C)C. The summed E-state index contributed by atoms with van der Waals surface area (Å²) in [7, 11) is 0. The maximum Gasteiger partial charge on any atom is 0.409 e. The molecule has 26 heavy (non-hydrogen) atoms. The van der Waals surface area contributed by atoms with E-state index in [0.29, 0.717) is 25.0 Å². The number of alkyl carbamates (subject to hydrolysis) is 1. The maximum atomic E-state index is 12.2. The molecule has 6 heteroatoms. The predicted octanol–water partition coefficient (Wildman–Crippen LogP) is 4.82. The molecule has 6 nitrogen and oxygen atoms in total. The monoisotopic (exact) mass is 372 g/mol. The van der Waals surface area contributed by atoms with E-state index in [1.165, 1.54) is 0 Å². The lowest BCUT2D eigenvalue weighted by atomic mass is 10.1. The molecule has 1 N–H and O–H groups in total. The van der Waals surface area contributed by atoms with Crippen LogP contribution in [0.15, 0.2) is 0 Å². The summed E-state index contributed by atoms with van der Waals surface area (Å²) in [5.74, 6) is 0.859. The van der Waals surface area contributed by atoms with E-state index in [9.17, 15) is 9.59 Å². The van der Waals surface area contributed by atoms with Gasteiger partial charge < -0.3 is 19.7 Å². The number of ether oxygens (including phenoxy) is 2. The van der Waals surface area contributed by atoms with E-state index in [1.54, 1.807) is 4.90 Å². The molecule has 0 heterocycles. The smallest absolute Gasteiger partial charge is 0.409 e. The molecule has 0 saturated carbocycles. The largest absolute Gasteiger partial charge is 0.449 e. The fraction of sp³-hybridized carbons (Fsp3) is 0.900. The van der Waals surface area contributed by atoms with E-state index in [2.05, 4.69) is 33.0 Å². The molecule has 0 saturated heterocycles. The van der Waals surface area contributed by atoms with Gasteiger partial charge in [0.05, 0.1) is 6.61 Å². The van der Waals surface area contributed by atoms with Crippen LogP contribution in [0.5, 0.6) is 0 Å². The molecule has 0 aliphatic rings. The molecule has 2 amide bonds. The molecular weight excluding hydrogens is 332 g/mol. The van der Waals surface area contributed by atoms with Gasteiger partial charge in [0.1, 0.15) is 5.60 Å². The van der Waals surface area contributed by atoms with Crippen molar-refractivity contribution in [3.05, 3.63) is 0 Å². The molecule has 0 aliphatic carbocycles. The number of hydrogen-bond acceptors (Lipinski definition) is 4. The topological polar surface area (TPSA) is 67.9 Å². The number of rotatable bonds is 11. The van der Waals surface area contributed by atoms with E-state index in [-0.39, 0.29) is 12.2 Å². The highest BCUT2D eigenvalue weighted by Gasteiger charge is 2.17. The zero-order valence-electron chi connectivity index (χ0n) is 17.9. The Morgan fingerprint density at radius 2 is 1.46 bits per heavy atom. The van der Waals surface area contributed by atoms with Crippen molar-refractivity contribution in [1.82, 2.24) is 10.2 Å². The Kier molecular flexibility index (Phi) is 12.1. The highest BCUT2D eigenvalue weighted by atomic mass is 16.6. The van der Waals surface area contributed by atoms with Gasteiger partial charge in [0.15, 0.2) is 0 Å². The molecule has 0 rings (SSSR count). The summed E-state index contributed by atoms with van der Waals surface area (Å²) >= 11 is 0. The van der Waals surface area contributed by atoms with E-state index in [4.69, 9.17) is 9.47 Å². The lowest BCUT2D eigenvalue weighted by molar-refractivity contribution is 0.0526. The molecule has 0 fully saturated rings. The quantitative estimate of drug-likeness (QED) is 0.528. The van der Waals surface area contributed by atoms with E-state index >= 15 is 0 Å². The van der Waals surface area contributed by atoms with Gasteiger partial charge in [0.25, 0.3) is 0 Å². The third kappa shape index (κ3) is 14.8. The van der Waals surface area contributed by atoms with Crippen LogP contribution in [0.1, 0.15) is 74.1 Å². The van der Waals surface area contributed by atoms with Gasteiger partial charge in [-0.2, -0.15) is 0 Å². The van der Waals surface area contributed by atoms with Crippen LogP contribution in [0.2, 0.25) is 0 Å². The summed E-state index contributed by atoms with van der Waals surface area (Å²) in [6.07, 6.45) is 3.10. The molecular formula is C20H40N2O4. The van der Waals surface area contributed by atoms with E-state index in [1.807, 2.05) is 20.8 Å². The average Bonchev–Trinajstić information content (AvgIpc) is 2.46. The standard InChI is InChI=1S/C20H40N2O4/c1-16(2)14-22(15-17(3)4)19(24)25-13-11-9-8-10-12-21-18(23)26-20(5,6)7/h16-17H,8-15H2,1-7H3,(H,21,23). The lowest BCUT2D eigenvalue weighted by Crippen LogP contribution is -2.37. The number of hydrogen-bond donors (Lipinski definition) is 1. The number of nitrogens with one attached hydrogen (secondary N) is 1. The molecule has 0 radical (unpaired) electrons. The highest BCUT2D eigenvalue weighted by molar-refractivity contribution is 5.67. The second-order valence-corrected chi connectivity index (χ2v) is 8.65. The number of carbonyl (C=O) groups excluding carboxylic acids is 2. The first-order chi connectivity index (χ1) is 12.0. The Labute approximate surface area is 160 Å². The van der Waals surface area contributed by atoms with Gasteiger partial charge >= 0.3 is 12.2 Å². The molecule has 0 spiro atoms. The molecule has 0 unspecified atom stereocenters. The third-order valence-corrected chi connectivity index (χ3v) is 3.39. The molecule has 0 aromatic carbocycles. The summed E-state index contributed by atoms with van der Waals surface area (Å²) in [6.45, 7) is 16.5. The second kappa shape index (κ2) is 12.8. The van der Waals surface area contributed by atoms with Gasteiger partial charge in [0.2, 0.25) is 0 Å². The van der Waals surface area contributed by atoms with Crippen molar-refractivity contribution in [2.45, 2.75) is 79.8 Å². The zero-order chi connectivity index (χ0) is 20.2. The normalized spacial score (nSPS) is 11.6. The van der Waals surface area contributed by atoms with Crippen LogP contribution in [0.4, 0.5) is 9.59 Å². The van der Waals surface area contributed by atoms with Gasteiger partial charge in [0, 0.05) is 19.6 Å². The zero-order valence-corrected chi connectivity index (χ0v) is 17.9. The molecule has 0 aromatic heterocycles. The summed E-state index contributed by atoms with van der Waals surface area (Å²) in [6, 6.07) is 0. The van der Waals surface area contributed by atoms with Crippen LogP contribution in [-0.4, -0.2) is 48.9 Å². The fourth-order valence-electron chi connectivity index (χ4n) is 2.44. The first-order valence-electron chi connectivity index (χ1n) is 9.89. The summed E-state index contributed by atoms with van der Waals surface area (Å²) in [4.78, 5) is 25.5. The minimum Gasteiger partial charge on any atom is -0.449 e. The number of carbonyl (C=O) groups is 2. The fourth-order valence-corrected chi connectivity index (χ4v) is 2.44. The number of unbranched alkanes of at least 4 members (excludes halogenated alkanes) is 3. The van der Waals surface area contributed by atoms with Gasteiger partial charge in [-0.1, -0.05) is 34.1 Å². The van der Waals surface area contributed by atoms with Crippen LogP contribution < -0.4 is 5.32 Å². The highest BCUT2D eigenvalue weighted by Crippen LogP contribution is 2.08. The molecule has 0 bridgehead atoms. The predicted molar refractivity (Wildman–Crippen MR) is 105 cm³/mol. The summed E-state index contributed by atoms with van der Waals surface area (Å²) < 4.78 is 10.6. The van der Waals surface area contributed by atoms with Crippen molar-refractivity contribution in [2.24, 2.45) is 11.8 Å². The first kappa shape index (κ1) is 24.5. The number of nitrogens with zero attached hydrogens (tertiary/aromatic N) is 1. The lowest BCUT2D eigenvalue weighted by Gasteiger charge is -2.25. The summed E-state index contributed by atoms with van der Waals surface area (Å²) in [5.41, 5.74) is -0.465. The minimum absolute atomic E-state index is 0.209. The third-order valence-electron chi connectivity index (χ3n) is 3.39. The van der Waals surface area contributed by atoms with Gasteiger partial charge in [-0.05, 0) is 51.9 Å². The van der Waals surface area contributed by atoms with Crippen LogP contribution in [0.3, 0.4) is 0 Å². The molecule has 0 aromatic rings.